The number of carbonyl (C=O) groups excluding carboxylic acids is 1. The second-order valence-corrected chi connectivity index (χ2v) is 9.37. The van der Waals surface area contributed by atoms with E-state index in [0.717, 1.165) is 12.0 Å². The van der Waals surface area contributed by atoms with E-state index in [4.69, 9.17) is 0 Å². The highest BCUT2D eigenvalue weighted by atomic mass is 32.2. The zero-order valence-electron chi connectivity index (χ0n) is 14.9. The molecule has 1 aromatic heterocycles. The average molecular weight is 393 g/mol. The van der Waals surface area contributed by atoms with Crippen molar-refractivity contribution in [3.05, 3.63) is 58.3 Å². The summed E-state index contributed by atoms with van der Waals surface area (Å²) in [6.45, 7) is 1.53. The Morgan fingerprint density at radius 2 is 1.96 bits per heavy atom. The third-order valence-electron chi connectivity index (χ3n) is 4.68. The minimum Gasteiger partial charge on any atom is -0.337 e. The number of carbonyl (C=O) groups is 1. The van der Waals surface area contributed by atoms with Crippen LogP contribution in [0.1, 0.15) is 24.0 Å². The normalized spacial score (nSPS) is 18.0. The van der Waals surface area contributed by atoms with Crippen molar-refractivity contribution in [3.63, 3.8) is 0 Å². The Kier molecular flexibility index (Phi) is 6.11. The van der Waals surface area contributed by atoms with Gasteiger partial charge in [0.2, 0.25) is 15.9 Å². The molecule has 1 fully saturated rings. The molecule has 26 heavy (non-hydrogen) atoms. The van der Waals surface area contributed by atoms with Gasteiger partial charge in [-0.1, -0.05) is 30.3 Å². The van der Waals surface area contributed by atoms with E-state index in [0.29, 0.717) is 32.5 Å². The summed E-state index contributed by atoms with van der Waals surface area (Å²) in [5.41, 5.74) is 2.27. The molecule has 3 rings (SSSR count). The molecule has 0 aliphatic carbocycles. The van der Waals surface area contributed by atoms with E-state index < -0.39 is 16.1 Å². The van der Waals surface area contributed by atoms with Crippen LogP contribution in [-0.4, -0.2) is 48.9 Å². The number of thiophene rings is 1. The second-order valence-electron chi connectivity index (χ2n) is 6.66. The predicted octanol–water partition coefficient (Wildman–Crippen LogP) is 2.74. The van der Waals surface area contributed by atoms with Crippen LogP contribution < -0.4 is 0 Å². The Bertz CT molecular complexity index is 820. The van der Waals surface area contributed by atoms with Crippen LogP contribution >= 0.6 is 11.3 Å². The standard InChI is InChI=1S/C19H24N2O3S2/c1-26(23,24)21(11-5-8-16-6-3-2-4-7-16)18-9-12-20(19(18)22)14-17-10-13-25-15-17/h2-4,6-7,10,13,15,18H,5,8-9,11-12,14H2,1H3/t18-/m0/s1. The van der Waals surface area contributed by atoms with Crippen molar-refractivity contribution < 1.29 is 13.2 Å². The van der Waals surface area contributed by atoms with E-state index in [1.807, 2.05) is 47.2 Å². The zero-order valence-corrected chi connectivity index (χ0v) is 16.5. The van der Waals surface area contributed by atoms with Crippen LogP contribution in [0, 0.1) is 0 Å². The van der Waals surface area contributed by atoms with Gasteiger partial charge in [0.25, 0.3) is 0 Å². The van der Waals surface area contributed by atoms with Crippen molar-refractivity contribution in [3.8, 4) is 0 Å². The van der Waals surface area contributed by atoms with Gasteiger partial charge in [0.1, 0.15) is 6.04 Å². The first-order valence-electron chi connectivity index (χ1n) is 8.76. The van der Waals surface area contributed by atoms with Gasteiger partial charge < -0.3 is 4.90 Å². The summed E-state index contributed by atoms with van der Waals surface area (Å²) in [4.78, 5) is 14.5. The first-order valence-corrected chi connectivity index (χ1v) is 11.5. The van der Waals surface area contributed by atoms with Crippen LogP contribution in [0.25, 0.3) is 0 Å². The molecule has 1 atom stereocenters. The molecule has 0 spiro atoms. The highest BCUT2D eigenvalue weighted by Crippen LogP contribution is 2.23. The van der Waals surface area contributed by atoms with E-state index in [1.54, 1.807) is 16.2 Å². The SMILES string of the molecule is CS(=O)(=O)N(CCCc1ccccc1)[C@H]1CCN(Cc2ccsc2)C1=O. The largest absolute Gasteiger partial charge is 0.337 e. The first-order chi connectivity index (χ1) is 12.4. The van der Waals surface area contributed by atoms with E-state index in [2.05, 4.69) is 0 Å². The molecule has 0 bridgehead atoms. The fourth-order valence-corrected chi connectivity index (χ4v) is 5.16. The van der Waals surface area contributed by atoms with Gasteiger partial charge in [-0.2, -0.15) is 15.6 Å². The molecule has 0 radical (unpaired) electrons. The third kappa shape index (κ3) is 4.72. The zero-order chi connectivity index (χ0) is 18.6. The molecule has 0 saturated carbocycles. The Balaban J connectivity index is 1.63. The monoisotopic (exact) mass is 392 g/mol. The van der Waals surface area contributed by atoms with Crippen molar-refractivity contribution in [2.75, 3.05) is 19.3 Å². The molecule has 1 saturated heterocycles. The third-order valence-corrected chi connectivity index (χ3v) is 6.70. The Morgan fingerprint density at radius 1 is 1.19 bits per heavy atom. The van der Waals surface area contributed by atoms with Gasteiger partial charge in [0.15, 0.2) is 0 Å². The highest BCUT2D eigenvalue weighted by Gasteiger charge is 2.39. The molecule has 1 aliphatic rings. The van der Waals surface area contributed by atoms with E-state index in [1.165, 1.54) is 16.1 Å². The van der Waals surface area contributed by atoms with Crippen molar-refractivity contribution in [2.24, 2.45) is 0 Å². The first kappa shape index (κ1) is 19.1. The van der Waals surface area contributed by atoms with Crippen LogP contribution in [-0.2, 0) is 27.8 Å². The molecule has 1 amide bonds. The van der Waals surface area contributed by atoms with Crippen molar-refractivity contribution in [1.29, 1.82) is 0 Å². The lowest BCUT2D eigenvalue weighted by molar-refractivity contribution is -0.131. The number of rotatable bonds is 8. The molecular weight excluding hydrogens is 368 g/mol. The van der Waals surface area contributed by atoms with Crippen molar-refractivity contribution >= 4 is 27.3 Å². The van der Waals surface area contributed by atoms with Crippen LogP contribution in [0.5, 0.6) is 0 Å². The van der Waals surface area contributed by atoms with Crippen LogP contribution in [0.3, 0.4) is 0 Å². The average Bonchev–Trinajstić information content (AvgIpc) is 3.23. The maximum absolute atomic E-state index is 12.8. The number of amides is 1. The van der Waals surface area contributed by atoms with Crippen molar-refractivity contribution in [1.82, 2.24) is 9.21 Å². The number of sulfonamides is 1. The van der Waals surface area contributed by atoms with Gasteiger partial charge in [-0.15, -0.1) is 0 Å². The Morgan fingerprint density at radius 3 is 2.62 bits per heavy atom. The van der Waals surface area contributed by atoms with Gasteiger partial charge in [-0.05, 0) is 47.2 Å². The molecule has 5 nitrogen and oxygen atoms in total. The summed E-state index contributed by atoms with van der Waals surface area (Å²) in [6, 6.07) is 11.4. The topological polar surface area (TPSA) is 57.7 Å². The Hall–Kier alpha value is -1.70. The number of hydrogen-bond acceptors (Lipinski definition) is 4. The minimum absolute atomic E-state index is 0.0821. The molecule has 2 heterocycles. The predicted molar refractivity (Wildman–Crippen MR) is 104 cm³/mol. The fourth-order valence-electron chi connectivity index (χ4n) is 3.39. The number of benzene rings is 1. The van der Waals surface area contributed by atoms with Gasteiger partial charge in [-0.25, -0.2) is 8.42 Å². The summed E-state index contributed by atoms with van der Waals surface area (Å²) in [5, 5.41) is 4.01. The number of likely N-dealkylation sites (tertiary alicyclic amines) is 1. The lowest BCUT2D eigenvalue weighted by atomic mass is 10.1. The second kappa shape index (κ2) is 8.33. The molecule has 1 aromatic carbocycles. The number of nitrogens with zero attached hydrogens (tertiary/aromatic N) is 2. The van der Waals surface area contributed by atoms with Gasteiger partial charge in [0.05, 0.1) is 6.26 Å². The quantitative estimate of drug-likeness (QED) is 0.694. The number of hydrogen-bond donors (Lipinski definition) is 0. The van der Waals surface area contributed by atoms with Crippen LogP contribution in [0.4, 0.5) is 0 Å². The molecule has 7 heteroatoms. The summed E-state index contributed by atoms with van der Waals surface area (Å²) >= 11 is 1.60. The summed E-state index contributed by atoms with van der Waals surface area (Å²) in [5.74, 6) is -0.0821. The molecule has 140 valence electrons. The molecule has 0 unspecified atom stereocenters. The van der Waals surface area contributed by atoms with E-state index in [9.17, 15) is 13.2 Å². The summed E-state index contributed by atoms with van der Waals surface area (Å²) < 4.78 is 26.0. The van der Waals surface area contributed by atoms with E-state index >= 15 is 0 Å². The van der Waals surface area contributed by atoms with Crippen molar-refractivity contribution in [2.45, 2.75) is 31.8 Å². The fraction of sp³-hybridized carbons (Fsp3) is 0.421. The molecular formula is C19H24N2O3S2. The smallest absolute Gasteiger partial charge is 0.241 e. The van der Waals surface area contributed by atoms with Crippen LogP contribution in [0.2, 0.25) is 0 Å². The lowest BCUT2D eigenvalue weighted by Crippen LogP contribution is -2.45. The van der Waals surface area contributed by atoms with E-state index in [-0.39, 0.29) is 5.91 Å². The van der Waals surface area contributed by atoms with Gasteiger partial charge in [-0.3, -0.25) is 4.79 Å². The summed E-state index contributed by atoms with van der Waals surface area (Å²) in [7, 11) is -3.43. The van der Waals surface area contributed by atoms with Gasteiger partial charge in [0, 0.05) is 19.6 Å². The number of aryl methyl sites for hydroxylation is 1. The van der Waals surface area contributed by atoms with Gasteiger partial charge >= 0.3 is 0 Å². The lowest BCUT2D eigenvalue weighted by Gasteiger charge is -2.25. The molecule has 1 aliphatic heterocycles. The maximum Gasteiger partial charge on any atom is 0.241 e. The highest BCUT2D eigenvalue weighted by molar-refractivity contribution is 7.88. The minimum atomic E-state index is -3.43. The molecule has 0 N–H and O–H groups in total. The maximum atomic E-state index is 12.8. The Labute approximate surface area is 159 Å². The summed E-state index contributed by atoms with van der Waals surface area (Å²) in [6.07, 6.45) is 3.25. The van der Waals surface area contributed by atoms with Crippen LogP contribution in [0.15, 0.2) is 47.2 Å². The molecule has 2 aromatic rings.